The zero-order valence-electron chi connectivity index (χ0n) is 19.0. The lowest BCUT2D eigenvalue weighted by atomic mass is 9.97. The minimum Gasteiger partial charge on any atom is -0.445 e. The van der Waals surface area contributed by atoms with Gasteiger partial charge in [-0.05, 0) is 38.0 Å². The molecule has 2 bridgehead atoms. The lowest BCUT2D eigenvalue weighted by Gasteiger charge is -2.29. The van der Waals surface area contributed by atoms with Crippen LogP contribution >= 0.6 is 0 Å². The van der Waals surface area contributed by atoms with E-state index in [4.69, 9.17) is 14.2 Å². The minimum absolute atomic E-state index is 0.115. The van der Waals surface area contributed by atoms with Gasteiger partial charge in [-0.2, -0.15) is 0 Å². The number of amides is 2. The number of hydrogen-bond donors (Lipinski definition) is 3. The summed E-state index contributed by atoms with van der Waals surface area (Å²) >= 11 is 0. The smallest absolute Gasteiger partial charge is 0.408 e. The Morgan fingerprint density at radius 3 is 2.66 bits per heavy atom. The first-order valence-corrected chi connectivity index (χ1v) is 12.0. The second-order valence-corrected chi connectivity index (χ2v) is 10.2. The van der Waals surface area contributed by atoms with Gasteiger partial charge in [0.25, 0.3) is 0 Å². The van der Waals surface area contributed by atoms with E-state index in [0.29, 0.717) is 32.5 Å². The number of ether oxygens (including phenoxy) is 3. The number of Topliss-reactive ketones (excluding diaryl/α,β-unsaturated/α-hetero) is 1. The average molecular weight is 453 g/mol. The van der Waals surface area contributed by atoms with Gasteiger partial charge in [-0.1, -0.05) is 13.8 Å². The van der Waals surface area contributed by atoms with Crippen molar-refractivity contribution in [1.82, 2.24) is 10.6 Å². The molecule has 4 rings (SSSR count). The summed E-state index contributed by atoms with van der Waals surface area (Å²) in [7, 11) is 0. The second-order valence-electron chi connectivity index (χ2n) is 10.2. The molecule has 2 saturated carbocycles. The van der Waals surface area contributed by atoms with E-state index < -0.39 is 18.2 Å². The van der Waals surface area contributed by atoms with E-state index in [-0.39, 0.29) is 60.3 Å². The lowest BCUT2D eigenvalue weighted by molar-refractivity contribution is -0.169. The van der Waals surface area contributed by atoms with Crippen molar-refractivity contribution in [3.8, 4) is 0 Å². The first-order chi connectivity index (χ1) is 15.4. The number of rotatable bonds is 9. The van der Waals surface area contributed by atoms with Gasteiger partial charge < -0.3 is 30.0 Å². The number of hydrogen-bond acceptors (Lipinski definition) is 7. The van der Waals surface area contributed by atoms with Crippen LogP contribution in [-0.4, -0.2) is 67.2 Å². The van der Waals surface area contributed by atoms with Crippen LogP contribution in [0.25, 0.3) is 0 Å². The number of fused-ring (bicyclic) bond motifs is 1. The topological polar surface area (TPSA) is 123 Å². The van der Waals surface area contributed by atoms with Crippen LogP contribution in [0.5, 0.6) is 0 Å². The molecule has 2 aliphatic heterocycles. The van der Waals surface area contributed by atoms with Crippen LogP contribution in [0.15, 0.2) is 0 Å². The van der Waals surface area contributed by atoms with E-state index >= 15 is 0 Å². The molecule has 0 aromatic rings. The maximum absolute atomic E-state index is 13.0. The van der Waals surface area contributed by atoms with Crippen LogP contribution < -0.4 is 10.6 Å². The van der Waals surface area contributed by atoms with Crippen LogP contribution in [0, 0.1) is 29.6 Å². The highest BCUT2D eigenvalue weighted by molar-refractivity contribution is 5.86. The van der Waals surface area contributed by atoms with Crippen LogP contribution in [-0.2, 0) is 23.8 Å². The fourth-order valence-electron chi connectivity index (χ4n) is 5.81. The third-order valence-corrected chi connectivity index (χ3v) is 7.41. The van der Waals surface area contributed by atoms with Gasteiger partial charge in [-0.25, -0.2) is 4.79 Å². The summed E-state index contributed by atoms with van der Waals surface area (Å²) in [5, 5.41) is 15.3. The SMILES string of the molecule is CC(C)C[C@H](NC(=O)O[C@H]1C2CO[C@H]3OC[C@@H]1C3C2)C(=O)N[C@H](CO)CC1CCCC1=O. The molecule has 180 valence electrons. The van der Waals surface area contributed by atoms with Crippen molar-refractivity contribution in [3.63, 3.8) is 0 Å². The fraction of sp³-hybridized carbons (Fsp3) is 0.870. The number of carbonyl (C=O) groups is 3. The minimum atomic E-state index is -0.777. The van der Waals surface area contributed by atoms with Crippen molar-refractivity contribution >= 4 is 17.8 Å². The third kappa shape index (κ3) is 5.10. The summed E-state index contributed by atoms with van der Waals surface area (Å²) < 4.78 is 17.2. The largest absolute Gasteiger partial charge is 0.445 e. The molecule has 0 radical (unpaired) electrons. The van der Waals surface area contributed by atoms with Gasteiger partial charge in [-0.3, -0.25) is 9.59 Å². The van der Waals surface area contributed by atoms with Gasteiger partial charge in [0.1, 0.15) is 17.9 Å². The molecule has 2 aliphatic carbocycles. The van der Waals surface area contributed by atoms with Gasteiger partial charge in [0.2, 0.25) is 5.91 Å². The molecule has 0 spiro atoms. The summed E-state index contributed by atoms with van der Waals surface area (Å²) in [5.74, 6) is 0.452. The van der Waals surface area contributed by atoms with Gasteiger partial charge in [0, 0.05) is 30.1 Å². The molecule has 32 heavy (non-hydrogen) atoms. The predicted octanol–water partition coefficient (Wildman–Crippen LogP) is 1.37. The Balaban J connectivity index is 1.33. The van der Waals surface area contributed by atoms with Crippen LogP contribution in [0.2, 0.25) is 0 Å². The molecule has 2 amide bonds. The highest BCUT2D eigenvalue weighted by Gasteiger charge is 2.56. The maximum atomic E-state index is 13.0. The van der Waals surface area contributed by atoms with E-state index in [1.54, 1.807) is 0 Å². The van der Waals surface area contributed by atoms with Crippen molar-refractivity contribution in [2.75, 3.05) is 19.8 Å². The molecule has 4 fully saturated rings. The van der Waals surface area contributed by atoms with E-state index in [9.17, 15) is 19.5 Å². The number of carbonyl (C=O) groups excluding carboxylic acids is 3. The molecule has 2 heterocycles. The number of aliphatic hydroxyl groups excluding tert-OH is 1. The van der Waals surface area contributed by atoms with Gasteiger partial charge in [0.15, 0.2) is 6.29 Å². The molecule has 3 N–H and O–H groups in total. The van der Waals surface area contributed by atoms with Crippen molar-refractivity contribution < 1.29 is 33.7 Å². The Hall–Kier alpha value is -1.71. The first-order valence-electron chi connectivity index (χ1n) is 12.0. The Kier molecular flexibility index (Phi) is 7.37. The Morgan fingerprint density at radius 1 is 1.19 bits per heavy atom. The maximum Gasteiger partial charge on any atom is 0.408 e. The fourth-order valence-corrected chi connectivity index (χ4v) is 5.81. The number of nitrogens with one attached hydrogen (secondary N) is 2. The molecule has 9 nitrogen and oxygen atoms in total. The van der Waals surface area contributed by atoms with Gasteiger partial charge >= 0.3 is 6.09 Å². The van der Waals surface area contributed by atoms with Gasteiger partial charge in [-0.15, -0.1) is 0 Å². The zero-order valence-corrected chi connectivity index (χ0v) is 19.0. The summed E-state index contributed by atoms with van der Waals surface area (Å²) in [6, 6.07) is -1.29. The zero-order chi connectivity index (χ0) is 22.8. The van der Waals surface area contributed by atoms with E-state index in [2.05, 4.69) is 10.6 Å². The standard InChI is InChI=1S/C23H36N2O7/c1-12(2)6-18(21(28)24-15(9-26)7-13-4-3-5-19(13)27)25-23(29)32-20-14-8-16-17(20)11-31-22(16)30-10-14/h12-18,20,22,26H,3-11H2,1-2H3,(H,24,28)(H,25,29)/t13?,14?,15-,16?,17+,18-,20-,22-/m0/s1. The summed E-state index contributed by atoms with van der Waals surface area (Å²) in [4.78, 5) is 37.7. The molecule has 2 saturated heterocycles. The van der Waals surface area contributed by atoms with Crippen molar-refractivity contribution in [1.29, 1.82) is 0 Å². The number of aliphatic hydroxyl groups is 1. The lowest BCUT2D eigenvalue weighted by Crippen LogP contribution is -2.52. The summed E-state index contributed by atoms with van der Waals surface area (Å²) in [5.41, 5.74) is 0. The predicted molar refractivity (Wildman–Crippen MR) is 113 cm³/mol. The van der Waals surface area contributed by atoms with E-state index in [1.807, 2.05) is 13.8 Å². The molecular weight excluding hydrogens is 416 g/mol. The Bertz CT molecular complexity index is 714. The number of ketones is 1. The molecule has 4 aliphatic rings. The normalized spacial score (nSPS) is 35.1. The Morgan fingerprint density at radius 2 is 1.97 bits per heavy atom. The quantitative estimate of drug-likeness (QED) is 0.483. The van der Waals surface area contributed by atoms with Crippen LogP contribution in [0.4, 0.5) is 4.79 Å². The van der Waals surface area contributed by atoms with Crippen molar-refractivity contribution in [3.05, 3.63) is 0 Å². The van der Waals surface area contributed by atoms with Crippen LogP contribution in [0.3, 0.4) is 0 Å². The molecule has 3 unspecified atom stereocenters. The van der Waals surface area contributed by atoms with Crippen LogP contribution in [0.1, 0.15) is 52.4 Å². The molecule has 0 aromatic carbocycles. The Labute approximate surface area is 188 Å². The van der Waals surface area contributed by atoms with E-state index in [0.717, 1.165) is 19.3 Å². The molecule has 0 aromatic heterocycles. The third-order valence-electron chi connectivity index (χ3n) is 7.41. The van der Waals surface area contributed by atoms with Crippen molar-refractivity contribution in [2.45, 2.75) is 76.9 Å². The van der Waals surface area contributed by atoms with E-state index in [1.165, 1.54) is 0 Å². The average Bonchev–Trinajstić information content (AvgIpc) is 3.41. The first kappa shape index (κ1) is 23.4. The monoisotopic (exact) mass is 452 g/mol. The molecular formula is C23H36N2O7. The number of alkyl carbamates (subject to hydrolysis) is 1. The highest BCUT2D eigenvalue weighted by atomic mass is 16.7. The second kappa shape index (κ2) is 10.1. The van der Waals surface area contributed by atoms with Gasteiger partial charge in [0.05, 0.1) is 25.9 Å². The molecule has 9 heteroatoms. The summed E-state index contributed by atoms with van der Waals surface area (Å²) in [6.45, 7) is 4.74. The molecule has 8 atom stereocenters. The highest BCUT2D eigenvalue weighted by Crippen LogP contribution is 2.49. The summed E-state index contributed by atoms with van der Waals surface area (Å²) in [6.07, 6.45) is 2.96. The van der Waals surface area contributed by atoms with Crippen molar-refractivity contribution in [2.24, 2.45) is 29.6 Å².